The zero-order valence-electron chi connectivity index (χ0n) is 22.1. The van der Waals surface area contributed by atoms with Crippen molar-refractivity contribution in [3.63, 3.8) is 0 Å². The number of carbonyl (C=O) groups is 2. The smallest absolute Gasteiger partial charge is 0.407 e. The summed E-state index contributed by atoms with van der Waals surface area (Å²) >= 11 is 0. The van der Waals surface area contributed by atoms with E-state index in [0.717, 1.165) is 52.6 Å². The van der Waals surface area contributed by atoms with Crippen LogP contribution in [0.25, 0.3) is 16.9 Å². The largest absolute Gasteiger partial charge is 0.497 e. The standard InChI is InChI=1S/C29H34N4O5/c1-30-28(34)37-17-23-24(18-38-29(35)31-2)27(19-7-10-22(36-3)11-8-19)33-25-12-9-21(15-20(25)16-26(23)33)32-13-5-4-6-14-32/h7-12,15H,4-6,13-14,16-18H2,1-3H3,(H,30,34)(H,31,35). The number of alkyl carbamates (subject to hydrolysis) is 2. The average molecular weight is 519 g/mol. The molecule has 2 N–H and O–H groups in total. The van der Waals surface area contributed by atoms with Gasteiger partial charge in [0, 0.05) is 61.8 Å². The highest BCUT2D eigenvalue weighted by molar-refractivity contribution is 5.76. The van der Waals surface area contributed by atoms with Gasteiger partial charge in [0.05, 0.1) is 12.8 Å². The summed E-state index contributed by atoms with van der Waals surface area (Å²) in [5, 5.41) is 5.02. The van der Waals surface area contributed by atoms with Crippen LogP contribution in [-0.2, 0) is 29.1 Å². The van der Waals surface area contributed by atoms with Gasteiger partial charge < -0.3 is 34.3 Å². The Morgan fingerprint density at radius 1 is 0.868 bits per heavy atom. The van der Waals surface area contributed by atoms with Crippen LogP contribution >= 0.6 is 0 Å². The molecule has 2 aliphatic heterocycles. The van der Waals surface area contributed by atoms with E-state index < -0.39 is 12.2 Å². The minimum absolute atomic E-state index is 0.0364. The number of nitrogens with one attached hydrogen (secondary N) is 2. The molecule has 0 saturated carbocycles. The van der Waals surface area contributed by atoms with Crippen LogP contribution < -0.4 is 20.3 Å². The molecule has 2 amide bonds. The normalized spacial score (nSPS) is 13.9. The van der Waals surface area contributed by atoms with Gasteiger partial charge in [0.2, 0.25) is 0 Å². The van der Waals surface area contributed by atoms with Gasteiger partial charge in [-0.15, -0.1) is 0 Å². The highest BCUT2D eigenvalue weighted by Crippen LogP contribution is 2.43. The van der Waals surface area contributed by atoms with Crippen LogP contribution in [0.5, 0.6) is 5.75 Å². The first-order chi connectivity index (χ1) is 18.5. The quantitative estimate of drug-likeness (QED) is 0.366. The maximum Gasteiger partial charge on any atom is 0.407 e. The molecule has 2 aromatic carbocycles. The van der Waals surface area contributed by atoms with Gasteiger partial charge in [0.25, 0.3) is 0 Å². The molecular weight excluding hydrogens is 484 g/mol. The van der Waals surface area contributed by atoms with E-state index in [4.69, 9.17) is 14.2 Å². The molecular formula is C29H34N4O5. The molecule has 2 aliphatic rings. The SMILES string of the molecule is CNC(=O)OCc1c(COC(=O)NC)c(-c2ccc(OC)cc2)n2c1Cc1cc(N3CCCCC3)ccc1-2. The first-order valence-electron chi connectivity index (χ1n) is 13.0. The molecule has 1 fully saturated rings. The molecule has 0 unspecified atom stereocenters. The number of benzene rings is 2. The summed E-state index contributed by atoms with van der Waals surface area (Å²) < 4.78 is 18.7. The Kier molecular flexibility index (Phi) is 7.44. The minimum Gasteiger partial charge on any atom is -0.497 e. The molecule has 1 aromatic heterocycles. The van der Waals surface area contributed by atoms with Crippen molar-refractivity contribution in [3.8, 4) is 22.7 Å². The maximum atomic E-state index is 12.0. The Labute approximate surface area is 222 Å². The van der Waals surface area contributed by atoms with Crippen molar-refractivity contribution in [2.45, 2.75) is 38.9 Å². The lowest BCUT2D eigenvalue weighted by Gasteiger charge is -2.29. The highest BCUT2D eigenvalue weighted by atomic mass is 16.6. The van der Waals surface area contributed by atoms with Gasteiger partial charge in [-0.3, -0.25) is 0 Å². The summed E-state index contributed by atoms with van der Waals surface area (Å²) in [4.78, 5) is 26.5. The van der Waals surface area contributed by atoms with Gasteiger partial charge in [0.15, 0.2) is 0 Å². The number of ether oxygens (including phenoxy) is 3. The number of fused-ring (bicyclic) bond motifs is 3. The van der Waals surface area contributed by atoms with E-state index in [9.17, 15) is 9.59 Å². The summed E-state index contributed by atoms with van der Waals surface area (Å²) in [6, 6.07) is 14.5. The summed E-state index contributed by atoms with van der Waals surface area (Å²) in [5.41, 5.74) is 8.08. The van der Waals surface area contributed by atoms with Crippen LogP contribution in [-0.4, -0.2) is 51.0 Å². The first-order valence-corrected chi connectivity index (χ1v) is 13.0. The lowest BCUT2D eigenvalue weighted by atomic mass is 10.0. The van der Waals surface area contributed by atoms with Crippen LogP contribution in [0, 0.1) is 0 Å². The van der Waals surface area contributed by atoms with Gasteiger partial charge in [0.1, 0.15) is 19.0 Å². The third kappa shape index (κ3) is 4.88. The molecule has 3 heterocycles. The van der Waals surface area contributed by atoms with E-state index in [0.29, 0.717) is 6.42 Å². The van der Waals surface area contributed by atoms with E-state index in [2.05, 4.69) is 38.3 Å². The fourth-order valence-electron chi connectivity index (χ4n) is 5.43. The van der Waals surface area contributed by atoms with Gasteiger partial charge in [-0.2, -0.15) is 0 Å². The molecule has 9 heteroatoms. The van der Waals surface area contributed by atoms with Crippen molar-refractivity contribution in [2.75, 3.05) is 39.2 Å². The van der Waals surface area contributed by atoms with E-state index in [1.54, 1.807) is 7.11 Å². The number of methoxy groups -OCH3 is 1. The van der Waals surface area contributed by atoms with Crippen LogP contribution in [0.2, 0.25) is 0 Å². The number of amides is 2. The van der Waals surface area contributed by atoms with Gasteiger partial charge >= 0.3 is 12.2 Å². The van der Waals surface area contributed by atoms with E-state index in [1.807, 2.05) is 24.3 Å². The van der Waals surface area contributed by atoms with E-state index in [1.165, 1.54) is 44.6 Å². The number of piperidine rings is 1. The van der Waals surface area contributed by atoms with E-state index >= 15 is 0 Å². The number of hydrogen-bond acceptors (Lipinski definition) is 6. The minimum atomic E-state index is -0.526. The third-order valence-corrected chi connectivity index (χ3v) is 7.34. The molecule has 1 saturated heterocycles. The van der Waals surface area contributed by atoms with Crippen LogP contribution in [0.4, 0.5) is 15.3 Å². The fraction of sp³-hybridized carbons (Fsp3) is 0.379. The summed E-state index contributed by atoms with van der Waals surface area (Å²) in [5.74, 6) is 0.750. The van der Waals surface area contributed by atoms with Crippen molar-refractivity contribution < 1.29 is 23.8 Å². The number of hydrogen-bond donors (Lipinski definition) is 2. The Balaban J connectivity index is 1.64. The number of carbonyl (C=O) groups excluding carboxylic acids is 2. The molecule has 38 heavy (non-hydrogen) atoms. The maximum absolute atomic E-state index is 12.0. The monoisotopic (exact) mass is 518 g/mol. The second-order valence-corrected chi connectivity index (χ2v) is 9.51. The molecule has 0 bridgehead atoms. The zero-order chi connectivity index (χ0) is 26.6. The lowest BCUT2D eigenvalue weighted by Crippen LogP contribution is -2.29. The van der Waals surface area contributed by atoms with E-state index in [-0.39, 0.29) is 13.2 Å². The first kappa shape index (κ1) is 25.5. The van der Waals surface area contributed by atoms with Crippen molar-refractivity contribution >= 4 is 17.9 Å². The fourth-order valence-corrected chi connectivity index (χ4v) is 5.43. The van der Waals surface area contributed by atoms with Crippen LogP contribution in [0.3, 0.4) is 0 Å². The molecule has 0 atom stereocenters. The average Bonchev–Trinajstić information content (AvgIpc) is 3.48. The molecule has 9 nitrogen and oxygen atoms in total. The van der Waals surface area contributed by atoms with Crippen LogP contribution in [0.1, 0.15) is 41.6 Å². The van der Waals surface area contributed by atoms with Gasteiger partial charge in [-0.25, -0.2) is 9.59 Å². The van der Waals surface area contributed by atoms with Crippen molar-refractivity contribution in [1.29, 1.82) is 0 Å². The molecule has 3 aromatic rings. The number of anilines is 1. The third-order valence-electron chi connectivity index (χ3n) is 7.34. The molecule has 5 rings (SSSR count). The number of rotatable bonds is 7. The van der Waals surface area contributed by atoms with Crippen molar-refractivity contribution in [3.05, 3.63) is 64.8 Å². The Hall–Kier alpha value is -4.14. The predicted octanol–water partition coefficient (Wildman–Crippen LogP) is 4.76. The number of nitrogens with zero attached hydrogens (tertiary/aromatic N) is 2. The Morgan fingerprint density at radius 2 is 1.53 bits per heavy atom. The summed E-state index contributed by atoms with van der Waals surface area (Å²) in [6.45, 7) is 2.25. The number of aromatic nitrogens is 1. The predicted molar refractivity (Wildman–Crippen MR) is 145 cm³/mol. The molecule has 0 spiro atoms. The van der Waals surface area contributed by atoms with Crippen molar-refractivity contribution in [2.24, 2.45) is 0 Å². The van der Waals surface area contributed by atoms with Crippen molar-refractivity contribution in [1.82, 2.24) is 15.2 Å². The Bertz CT molecular complexity index is 1330. The highest BCUT2D eigenvalue weighted by Gasteiger charge is 2.32. The van der Waals surface area contributed by atoms with Gasteiger partial charge in [-0.1, -0.05) is 0 Å². The van der Waals surface area contributed by atoms with Gasteiger partial charge in [-0.05, 0) is 72.9 Å². The Morgan fingerprint density at radius 3 is 2.16 bits per heavy atom. The molecule has 0 aliphatic carbocycles. The second-order valence-electron chi connectivity index (χ2n) is 9.51. The van der Waals surface area contributed by atoms with Crippen LogP contribution in [0.15, 0.2) is 42.5 Å². The topological polar surface area (TPSA) is 94.1 Å². The molecule has 0 radical (unpaired) electrons. The lowest BCUT2D eigenvalue weighted by molar-refractivity contribution is 0.134. The summed E-state index contributed by atoms with van der Waals surface area (Å²) in [6.07, 6.45) is 3.36. The second kappa shape index (κ2) is 11.1. The zero-order valence-corrected chi connectivity index (χ0v) is 22.1. The molecule has 200 valence electrons. The summed E-state index contributed by atoms with van der Waals surface area (Å²) in [7, 11) is 4.69.